The van der Waals surface area contributed by atoms with Gasteiger partial charge in [-0.1, -0.05) is 12.2 Å². The number of rotatable bonds is 2. The molecule has 0 radical (unpaired) electrons. The van der Waals surface area contributed by atoms with Gasteiger partial charge in [0.25, 0.3) is 0 Å². The zero-order chi connectivity index (χ0) is 7.40. The van der Waals surface area contributed by atoms with Crippen LogP contribution < -0.4 is 0 Å². The molecule has 0 aliphatic carbocycles. The Morgan fingerprint density at radius 3 is 3.00 bits per heavy atom. The topological polar surface area (TPSA) is 33.4 Å². The highest BCUT2D eigenvalue weighted by atomic mass is 16.3. The van der Waals surface area contributed by atoms with Crippen LogP contribution in [0.3, 0.4) is 0 Å². The first-order valence-corrected chi connectivity index (χ1v) is 3.15. The molecular formula is C8H10O2. The maximum absolute atomic E-state index is 8.42. The van der Waals surface area contributed by atoms with Crippen LogP contribution in [0.5, 0.6) is 0 Å². The molecule has 1 heterocycles. The van der Waals surface area contributed by atoms with Gasteiger partial charge in [0, 0.05) is 5.56 Å². The largest absolute Gasteiger partial charge is 0.469 e. The van der Waals surface area contributed by atoms with Crippen molar-refractivity contribution in [1.82, 2.24) is 0 Å². The molecule has 1 N–H and O–H groups in total. The summed E-state index contributed by atoms with van der Waals surface area (Å²) in [7, 11) is 0. The molecule has 54 valence electrons. The van der Waals surface area contributed by atoms with Gasteiger partial charge in [0.1, 0.15) is 5.76 Å². The predicted molar refractivity (Wildman–Crippen MR) is 39.6 cm³/mol. The minimum absolute atomic E-state index is 0.0736. The molecule has 0 aliphatic heterocycles. The van der Waals surface area contributed by atoms with Gasteiger partial charge in [0.05, 0.1) is 12.9 Å². The van der Waals surface area contributed by atoms with E-state index < -0.39 is 0 Å². The van der Waals surface area contributed by atoms with Crippen LogP contribution >= 0.6 is 0 Å². The fourth-order valence-corrected chi connectivity index (χ4v) is 0.740. The lowest BCUT2D eigenvalue weighted by Crippen LogP contribution is -1.69. The third kappa shape index (κ3) is 1.74. The molecule has 1 aromatic rings. The lowest BCUT2D eigenvalue weighted by molar-refractivity contribution is 0.343. The first-order chi connectivity index (χ1) is 4.83. The molecule has 0 spiro atoms. The number of aryl methyl sites for hydroxylation is 1. The molecule has 0 fully saturated rings. The van der Waals surface area contributed by atoms with Crippen molar-refractivity contribution in [2.75, 3.05) is 6.61 Å². The zero-order valence-corrected chi connectivity index (χ0v) is 5.87. The molecular weight excluding hydrogens is 128 g/mol. The minimum Gasteiger partial charge on any atom is -0.469 e. The highest BCUT2D eigenvalue weighted by molar-refractivity contribution is 5.47. The molecule has 2 nitrogen and oxygen atoms in total. The van der Waals surface area contributed by atoms with Crippen LogP contribution in [0.2, 0.25) is 0 Å². The van der Waals surface area contributed by atoms with Gasteiger partial charge in [-0.15, -0.1) is 0 Å². The van der Waals surface area contributed by atoms with E-state index in [1.54, 1.807) is 12.3 Å². The Bertz CT molecular complexity index is 223. The number of aliphatic hydroxyl groups is 1. The Morgan fingerprint density at radius 2 is 2.50 bits per heavy atom. The van der Waals surface area contributed by atoms with Crippen molar-refractivity contribution in [3.63, 3.8) is 0 Å². The molecule has 10 heavy (non-hydrogen) atoms. The maximum Gasteiger partial charge on any atom is 0.101 e. The Labute approximate surface area is 59.8 Å². The summed E-state index contributed by atoms with van der Waals surface area (Å²) < 4.78 is 5.03. The summed E-state index contributed by atoms with van der Waals surface area (Å²) in [6.07, 6.45) is 5.14. The van der Waals surface area contributed by atoms with Crippen molar-refractivity contribution >= 4 is 6.08 Å². The third-order valence-electron chi connectivity index (χ3n) is 1.17. The van der Waals surface area contributed by atoms with Crippen LogP contribution in [-0.2, 0) is 0 Å². The van der Waals surface area contributed by atoms with Crippen LogP contribution in [-0.4, -0.2) is 11.7 Å². The van der Waals surface area contributed by atoms with Crippen molar-refractivity contribution < 1.29 is 9.52 Å². The highest BCUT2D eigenvalue weighted by Crippen LogP contribution is 2.07. The second kappa shape index (κ2) is 3.22. The molecule has 0 atom stereocenters. The SMILES string of the molecule is Cc1cc(/C=C/CO)co1. The molecule has 1 aromatic heterocycles. The van der Waals surface area contributed by atoms with Crippen LogP contribution in [0, 0.1) is 6.92 Å². The summed E-state index contributed by atoms with van der Waals surface area (Å²) in [5.41, 5.74) is 0.992. The molecule has 2 heteroatoms. The van der Waals surface area contributed by atoms with Crippen molar-refractivity contribution in [1.29, 1.82) is 0 Å². The summed E-state index contributed by atoms with van der Waals surface area (Å²) in [5, 5.41) is 8.42. The van der Waals surface area contributed by atoms with Crippen LogP contribution in [0.15, 0.2) is 22.8 Å². The van der Waals surface area contributed by atoms with Gasteiger partial charge in [-0.25, -0.2) is 0 Å². The summed E-state index contributed by atoms with van der Waals surface area (Å²) in [4.78, 5) is 0. The fraction of sp³-hybridized carbons (Fsp3) is 0.250. The zero-order valence-electron chi connectivity index (χ0n) is 5.87. The Hall–Kier alpha value is -1.02. The van der Waals surface area contributed by atoms with E-state index in [2.05, 4.69) is 0 Å². The Morgan fingerprint density at radius 1 is 1.70 bits per heavy atom. The number of furan rings is 1. The summed E-state index contributed by atoms with van der Waals surface area (Å²) in [6.45, 7) is 1.96. The van der Waals surface area contributed by atoms with Gasteiger partial charge in [0.15, 0.2) is 0 Å². The van der Waals surface area contributed by atoms with Gasteiger partial charge < -0.3 is 9.52 Å². The average Bonchev–Trinajstić information content (AvgIpc) is 2.31. The monoisotopic (exact) mass is 138 g/mol. The number of hydrogen-bond acceptors (Lipinski definition) is 2. The highest BCUT2D eigenvalue weighted by Gasteiger charge is 1.90. The molecule has 0 bridgehead atoms. The van der Waals surface area contributed by atoms with E-state index in [1.807, 2.05) is 19.1 Å². The smallest absolute Gasteiger partial charge is 0.101 e. The van der Waals surface area contributed by atoms with Crippen LogP contribution in [0.25, 0.3) is 6.08 Å². The maximum atomic E-state index is 8.42. The fourth-order valence-electron chi connectivity index (χ4n) is 0.740. The number of aliphatic hydroxyl groups excluding tert-OH is 1. The van der Waals surface area contributed by atoms with Crippen molar-refractivity contribution in [2.45, 2.75) is 6.92 Å². The molecule has 0 saturated carbocycles. The third-order valence-corrected chi connectivity index (χ3v) is 1.17. The van der Waals surface area contributed by atoms with Crippen molar-refractivity contribution in [3.8, 4) is 0 Å². The quantitative estimate of drug-likeness (QED) is 0.673. The molecule has 0 amide bonds. The van der Waals surface area contributed by atoms with E-state index in [1.165, 1.54) is 0 Å². The van der Waals surface area contributed by atoms with Gasteiger partial charge in [-0.05, 0) is 13.0 Å². The lowest BCUT2D eigenvalue weighted by Gasteiger charge is -1.77. The number of hydrogen-bond donors (Lipinski definition) is 1. The van der Waals surface area contributed by atoms with Crippen LogP contribution in [0.1, 0.15) is 11.3 Å². The second-order valence-corrected chi connectivity index (χ2v) is 2.08. The van der Waals surface area contributed by atoms with E-state index in [9.17, 15) is 0 Å². The molecule has 1 rings (SSSR count). The summed E-state index contributed by atoms with van der Waals surface area (Å²) >= 11 is 0. The Balaban J connectivity index is 2.67. The van der Waals surface area contributed by atoms with Crippen molar-refractivity contribution in [3.05, 3.63) is 29.7 Å². The van der Waals surface area contributed by atoms with Crippen LogP contribution in [0.4, 0.5) is 0 Å². The average molecular weight is 138 g/mol. The standard InChI is InChI=1S/C8H10O2/c1-7-5-8(6-10-7)3-2-4-9/h2-3,5-6,9H,4H2,1H3/b3-2+. The van der Waals surface area contributed by atoms with Gasteiger partial charge in [-0.3, -0.25) is 0 Å². The molecule has 0 unspecified atom stereocenters. The van der Waals surface area contributed by atoms with E-state index in [0.717, 1.165) is 11.3 Å². The minimum atomic E-state index is 0.0736. The first kappa shape index (κ1) is 7.09. The molecule has 0 saturated heterocycles. The first-order valence-electron chi connectivity index (χ1n) is 3.15. The second-order valence-electron chi connectivity index (χ2n) is 2.08. The van der Waals surface area contributed by atoms with Gasteiger partial charge in [-0.2, -0.15) is 0 Å². The van der Waals surface area contributed by atoms with E-state index in [0.29, 0.717) is 0 Å². The summed E-state index contributed by atoms with van der Waals surface area (Å²) in [6, 6.07) is 1.91. The lowest BCUT2D eigenvalue weighted by atomic mass is 10.3. The molecule has 0 aromatic carbocycles. The normalized spacial score (nSPS) is 11.0. The predicted octanol–water partition coefficient (Wildman–Crippen LogP) is 1.59. The van der Waals surface area contributed by atoms with Gasteiger partial charge in [0.2, 0.25) is 0 Å². The van der Waals surface area contributed by atoms with E-state index >= 15 is 0 Å². The van der Waals surface area contributed by atoms with E-state index in [4.69, 9.17) is 9.52 Å². The van der Waals surface area contributed by atoms with Crippen molar-refractivity contribution in [2.24, 2.45) is 0 Å². The molecule has 0 aliphatic rings. The summed E-state index contributed by atoms with van der Waals surface area (Å²) in [5.74, 6) is 0.887. The van der Waals surface area contributed by atoms with E-state index in [-0.39, 0.29) is 6.61 Å². The van der Waals surface area contributed by atoms with Gasteiger partial charge >= 0.3 is 0 Å². The Kier molecular flexibility index (Phi) is 2.29.